The van der Waals surface area contributed by atoms with Gasteiger partial charge in [0.2, 0.25) is 0 Å². The molecule has 4 nitrogen and oxygen atoms in total. The molecule has 4 heteroatoms. The van der Waals surface area contributed by atoms with Gasteiger partial charge in [0.15, 0.2) is 0 Å². The lowest BCUT2D eigenvalue weighted by molar-refractivity contribution is 0.0942. The predicted molar refractivity (Wildman–Crippen MR) is 84.2 cm³/mol. The number of carbonyl (C=O) groups is 1. The van der Waals surface area contributed by atoms with Crippen LogP contribution in [0.25, 0.3) is 0 Å². The Labute approximate surface area is 124 Å². The standard InChI is InChI=1S/C17H20N2O2/c1-12(2)19-17(20)14-8-9-15(18)16(10-14)21-11-13-6-4-3-5-7-13/h3-10,12H,11,18H2,1-2H3,(H,19,20). The SMILES string of the molecule is CC(C)NC(=O)c1ccc(N)c(OCc2ccccc2)c1. The zero-order chi connectivity index (χ0) is 15.2. The highest BCUT2D eigenvalue weighted by atomic mass is 16.5. The molecule has 0 atom stereocenters. The van der Waals surface area contributed by atoms with Crippen LogP contribution in [0.1, 0.15) is 29.8 Å². The van der Waals surface area contributed by atoms with E-state index < -0.39 is 0 Å². The Balaban J connectivity index is 2.10. The second-order valence-electron chi connectivity index (χ2n) is 5.16. The van der Waals surface area contributed by atoms with Crippen LogP contribution in [-0.4, -0.2) is 11.9 Å². The Bertz CT molecular complexity index is 609. The fourth-order valence-electron chi connectivity index (χ4n) is 1.88. The monoisotopic (exact) mass is 284 g/mol. The van der Waals surface area contributed by atoms with Gasteiger partial charge in [0.05, 0.1) is 5.69 Å². The maximum atomic E-state index is 12.0. The first-order valence-corrected chi connectivity index (χ1v) is 6.93. The Kier molecular flexibility index (Phi) is 4.82. The van der Waals surface area contributed by atoms with E-state index in [0.29, 0.717) is 23.6 Å². The summed E-state index contributed by atoms with van der Waals surface area (Å²) in [6.07, 6.45) is 0. The first-order chi connectivity index (χ1) is 10.1. The van der Waals surface area contributed by atoms with Gasteiger partial charge >= 0.3 is 0 Å². The summed E-state index contributed by atoms with van der Waals surface area (Å²) >= 11 is 0. The quantitative estimate of drug-likeness (QED) is 0.830. The third-order valence-corrected chi connectivity index (χ3v) is 2.93. The summed E-state index contributed by atoms with van der Waals surface area (Å²) in [6, 6.07) is 15.0. The minimum atomic E-state index is -0.130. The number of hydrogen-bond donors (Lipinski definition) is 2. The van der Waals surface area contributed by atoms with Crippen LogP contribution in [0, 0.1) is 0 Å². The number of benzene rings is 2. The summed E-state index contributed by atoms with van der Waals surface area (Å²) < 4.78 is 5.71. The van der Waals surface area contributed by atoms with Gasteiger partial charge in [-0.25, -0.2) is 0 Å². The minimum Gasteiger partial charge on any atom is -0.487 e. The fourth-order valence-corrected chi connectivity index (χ4v) is 1.88. The molecule has 2 rings (SSSR count). The van der Waals surface area contributed by atoms with Crippen LogP contribution in [0.2, 0.25) is 0 Å². The van der Waals surface area contributed by atoms with Crippen molar-refractivity contribution in [2.24, 2.45) is 0 Å². The molecule has 0 aliphatic rings. The Morgan fingerprint density at radius 2 is 1.90 bits per heavy atom. The van der Waals surface area contributed by atoms with Crippen molar-refractivity contribution in [1.29, 1.82) is 0 Å². The zero-order valence-corrected chi connectivity index (χ0v) is 12.3. The van der Waals surface area contributed by atoms with Crippen molar-refractivity contribution in [2.45, 2.75) is 26.5 Å². The molecule has 0 saturated heterocycles. The topological polar surface area (TPSA) is 64.4 Å². The maximum absolute atomic E-state index is 12.0. The van der Waals surface area contributed by atoms with Crippen LogP contribution in [0.3, 0.4) is 0 Å². The van der Waals surface area contributed by atoms with Crippen molar-refractivity contribution in [3.63, 3.8) is 0 Å². The van der Waals surface area contributed by atoms with Crippen LogP contribution in [0.15, 0.2) is 48.5 Å². The van der Waals surface area contributed by atoms with Gasteiger partial charge in [0, 0.05) is 11.6 Å². The van der Waals surface area contributed by atoms with E-state index in [1.807, 2.05) is 44.2 Å². The van der Waals surface area contributed by atoms with Crippen LogP contribution >= 0.6 is 0 Å². The number of hydrogen-bond acceptors (Lipinski definition) is 3. The third kappa shape index (κ3) is 4.24. The normalized spacial score (nSPS) is 10.4. The molecule has 3 N–H and O–H groups in total. The lowest BCUT2D eigenvalue weighted by Gasteiger charge is -2.12. The summed E-state index contributed by atoms with van der Waals surface area (Å²) in [7, 11) is 0. The molecule has 0 aliphatic heterocycles. The van der Waals surface area contributed by atoms with Crippen LogP contribution in [0.5, 0.6) is 5.75 Å². The van der Waals surface area contributed by atoms with Crippen molar-refractivity contribution in [3.05, 3.63) is 59.7 Å². The molecule has 1 amide bonds. The van der Waals surface area contributed by atoms with Gasteiger partial charge in [-0.3, -0.25) is 4.79 Å². The fraction of sp³-hybridized carbons (Fsp3) is 0.235. The molecule has 0 saturated carbocycles. The van der Waals surface area contributed by atoms with E-state index >= 15 is 0 Å². The molecule has 110 valence electrons. The van der Waals surface area contributed by atoms with Gasteiger partial charge in [0.25, 0.3) is 5.91 Å². The number of amides is 1. The van der Waals surface area contributed by atoms with Gasteiger partial charge in [0.1, 0.15) is 12.4 Å². The smallest absolute Gasteiger partial charge is 0.251 e. The molecule has 0 radical (unpaired) electrons. The van der Waals surface area contributed by atoms with Crippen molar-refractivity contribution >= 4 is 11.6 Å². The van der Waals surface area contributed by atoms with E-state index in [1.54, 1.807) is 18.2 Å². The molecule has 0 aromatic heterocycles. The molecule has 0 spiro atoms. The molecule has 0 unspecified atom stereocenters. The van der Waals surface area contributed by atoms with Gasteiger partial charge in [-0.15, -0.1) is 0 Å². The van der Waals surface area contributed by atoms with Crippen molar-refractivity contribution in [2.75, 3.05) is 5.73 Å². The number of nitrogens with two attached hydrogens (primary N) is 1. The Morgan fingerprint density at radius 1 is 1.19 bits per heavy atom. The highest BCUT2D eigenvalue weighted by molar-refractivity contribution is 5.95. The number of rotatable bonds is 5. The Hall–Kier alpha value is -2.49. The van der Waals surface area contributed by atoms with E-state index in [0.717, 1.165) is 5.56 Å². The summed E-state index contributed by atoms with van der Waals surface area (Å²) in [5.74, 6) is 0.393. The van der Waals surface area contributed by atoms with Crippen LogP contribution < -0.4 is 15.8 Å². The van der Waals surface area contributed by atoms with E-state index in [4.69, 9.17) is 10.5 Å². The van der Waals surface area contributed by atoms with E-state index in [-0.39, 0.29) is 11.9 Å². The van der Waals surface area contributed by atoms with E-state index in [9.17, 15) is 4.79 Å². The maximum Gasteiger partial charge on any atom is 0.251 e. The van der Waals surface area contributed by atoms with E-state index in [1.165, 1.54) is 0 Å². The van der Waals surface area contributed by atoms with Gasteiger partial charge in [-0.05, 0) is 37.6 Å². The molecule has 21 heavy (non-hydrogen) atoms. The number of nitrogen functional groups attached to an aromatic ring is 1. The Morgan fingerprint density at radius 3 is 2.57 bits per heavy atom. The molecular weight excluding hydrogens is 264 g/mol. The lowest BCUT2D eigenvalue weighted by atomic mass is 10.1. The average Bonchev–Trinajstić information content (AvgIpc) is 2.46. The second-order valence-corrected chi connectivity index (χ2v) is 5.16. The van der Waals surface area contributed by atoms with Gasteiger partial charge in [-0.2, -0.15) is 0 Å². The average molecular weight is 284 g/mol. The summed E-state index contributed by atoms with van der Waals surface area (Å²) in [5, 5.41) is 2.84. The molecule has 2 aromatic rings. The van der Waals surface area contributed by atoms with Gasteiger partial charge < -0.3 is 15.8 Å². The number of anilines is 1. The lowest BCUT2D eigenvalue weighted by Crippen LogP contribution is -2.30. The minimum absolute atomic E-state index is 0.0868. The summed E-state index contributed by atoms with van der Waals surface area (Å²) in [5.41, 5.74) is 8.01. The summed E-state index contributed by atoms with van der Waals surface area (Å²) in [4.78, 5) is 12.0. The molecule has 2 aromatic carbocycles. The van der Waals surface area contributed by atoms with Crippen molar-refractivity contribution in [1.82, 2.24) is 5.32 Å². The zero-order valence-electron chi connectivity index (χ0n) is 12.3. The van der Waals surface area contributed by atoms with Crippen molar-refractivity contribution in [3.8, 4) is 5.75 Å². The first-order valence-electron chi connectivity index (χ1n) is 6.93. The van der Waals surface area contributed by atoms with Crippen LogP contribution in [0.4, 0.5) is 5.69 Å². The van der Waals surface area contributed by atoms with Crippen molar-refractivity contribution < 1.29 is 9.53 Å². The summed E-state index contributed by atoms with van der Waals surface area (Å²) in [6.45, 7) is 4.25. The molecule has 0 aliphatic carbocycles. The first kappa shape index (κ1) is 14.9. The number of nitrogens with one attached hydrogen (secondary N) is 1. The molecular formula is C17H20N2O2. The third-order valence-electron chi connectivity index (χ3n) is 2.93. The van der Waals surface area contributed by atoms with Crippen LogP contribution in [-0.2, 0) is 6.61 Å². The molecule has 0 bridgehead atoms. The predicted octanol–water partition coefficient (Wildman–Crippen LogP) is 2.99. The molecule has 0 fully saturated rings. The number of ether oxygens (including phenoxy) is 1. The number of carbonyl (C=O) groups excluding carboxylic acids is 1. The highest BCUT2D eigenvalue weighted by Gasteiger charge is 2.10. The van der Waals surface area contributed by atoms with Gasteiger partial charge in [-0.1, -0.05) is 30.3 Å². The second kappa shape index (κ2) is 6.79. The highest BCUT2D eigenvalue weighted by Crippen LogP contribution is 2.24. The largest absolute Gasteiger partial charge is 0.487 e. The molecule has 0 heterocycles. The van der Waals surface area contributed by atoms with E-state index in [2.05, 4.69) is 5.32 Å².